The van der Waals surface area contributed by atoms with Gasteiger partial charge in [0, 0.05) is 24.4 Å². The van der Waals surface area contributed by atoms with Crippen LogP contribution in [0.2, 0.25) is 0 Å². The van der Waals surface area contributed by atoms with E-state index in [-0.39, 0.29) is 24.0 Å². The average molecular weight is 510 g/mol. The molecule has 1 aromatic carbocycles. The first kappa shape index (κ1) is 22.4. The van der Waals surface area contributed by atoms with Gasteiger partial charge in [0.05, 0.1) is 13.1 Å². The molecular formula is C20H27IN6S. The molecule has 8 heteroatoms. The summed E-state index contributed by atoms with van der Waals surface area (Å²) >= 11 is 1.74. The molecule has 0 saturated heterocycles. The van der Waals surface area contributed by atoms with Crippen LogP contribution in [0.25, 0.3) is 0 Å². The van der Waals surface area contributed by atoms with Crippen molar-refractivity contribution in [1.82, 2.24) is 25.4 Å². The molecule has 2 aromatic heterocycles. The van der Waals surface area contributed by atoms with Gasteiger partial charge in [-0.05, 0) is 29.5 Å². The molecule has 0 bridgehead atoms. The fourth-order valence-electron chi connectivity index (χ4n) is 2.74. The number of benzene rings is 1. The van der Waals surface area contributed by atoms with Gasteiger partial charge in [-0.1, -0.05) is 37.3 Å². The van der Waals surface area contributed by atoms with Crippen molar-refractivity contribution in [3.63, 3.8) is 0 Å². The number of hydrogen-bond donors (Lipinski definition) is 2. The van der Waals surface area contributed by atoms with Gasteiger partial charge in [-0.3, -0.25) is 0 Å². The maximum atomic E-state index is 4.77. The van der Waals surface area contributed by atoms with E-state index in [0.29, 0.717) is 6.54 Å². The summed E-state index contributed by atoms with van der Waals surface area (Å²) in [5.74, 6) is 1.82. The van der Waals surface area contributed by atoms with Crippen LogP contribution in [-0.4, -0.2) is 27.3 Å². The van der Waals surface area contributed by atoms with E-state index < -0.39 is 0 Å². The van der Waals surface area contributed by atoms with Gasteiger partial charge >= 0.3 is 0 Å². The van der Waals surface area contributed by atoms with Crippen molar-refractivity contribution in [2.24, 2.45) is 4.99 Å². The van der Waals surface area contributed by atoms with Crippen LogP contribution >= 0.6 is 35.3 Å². The fraction of sp³-hybridized carbons (Fsp3) is 0.350. The zero-order chi connectivity index (χ0) is 18.9. The highest BCUT2D eigenvalue weighted by molar-refractivity contribution is 14.0. The molecule has 150 valence electrons. The number of rotatable bonds is 8. The molecule has 2 N–H and O–H groups in total. The number of halogens is 1. The predicted molar refractivity (Wildman–Crippen MR) is 126 cm³/mol. The van der Waals surface area contributed by atoms with Crippen molar-refractivity contribution < 1.29 is 0 Å². The van der Waals surface area contributed by atoms with Crippen LogP contribution < -0.4 is 10.6 Å². The van der Waals surface area contributed by atoms with E-state index in [0.717, 1.165) is 37.8 Å². The Hall–Kier alpha value is -1.94. The molecule has 0 radical (unpaired) electrons. The molecule has 0 aliphatic heterocycles. The Balaban J connectivity index is 0.00000280. The Morgan fingerprint density at radius 3 is 2.79 bits per heavy atom. The minimum absolute atomic E-state index is 0. The summed E-state index contributed by atoms with van der Waals surface area (Å²) in [6.07, 6.45) is 2.66. The Morgan fingerprint density at radius 2 is 2.04 bits per heavy atom. The predicted octanol–water partition coefficient (Wildman–Crippen LogP) is 3.76. The molecule has 6 nitrogen and oxygen atoms in total. The standard InChI is InChI=1S/C20H26N6S.HI/c1-3-19-25-24-15-26(19)11-10-21-20(23-14-18-9-6-12-27-18)22-13-17-8-5-4-7-16(17)2;/h4-9,12,15H,3,10-11,13-14H2,1-2H3,(H2,21,22,23);1H. The number of nitrogens with zero attached hydrogens (tertiary/aromatic N) is 4. The van der Waals surface area contributed by atoms with Crippen LogP contribution in [0, 0.1) is 6.92 Å². The third-order valence-corrected chi connectivity index (χ3v) is 5.21. The molecule has 0 aliphatic carbocycles. The largest absolute Gasteiger partial charge is 0.355 e. The molecule has 0 atom stereocenters. The number of aromatic nitrogens is 3. The maximum absolute atomic E-state index is 4.77. The van der Waals surface area contributed by atoms with Gasteiger partial charge in [-0.15, -0.1) is 45.5 Å². The molecule has 0 amide bonds. The minimum atomic E-state index is 0. The molecule has 3 aromatic rings. The van der Waals surface area contributed by atoms with Gasteiger partial charge in [0.2, 0.25) is 0 Å². The van der Waals surface area contributed by atoms with E-state index in [1.165, 1.54) is 16.0 Å². The van der Waals surface area contributed by atoms with Crippen LogP contribution in [0.1, 0.15) is 28.8 Å². The van der Waals surface area contributed by atoms with Crippen LogP contribution in [-0.2, 0) is 26.1 Å². The topological polar surface area (TPSA) is 67.1 Å². The van der Waals surface area contributed by atoms with Gasteiger partial charge in [0.15, 0.2) is 5.96 Å². The maximum Gasteiger partial charge on any atom is 0.191 e. The fourth-order valence-corrected chi connectivity index (χ4v) is 3.39. The van der Waals surface area contributed by atoms with Crippen molar-refractivity contribution in [2.45, 2.75) is 39.9 Å². The second-order valence-corrected chi connectivity index (χ2v) is 7.28. The highest BCUT2D eigenvalue weighted by atomic mass is 127. The summed E-state index contributed by atoms with van der Waals surface area (Å²) in [5.41, 5.74) is 2.50. The normalized spacial score (nSPS) is 11.1. The lowest BCUT2D eigenvalue weighted by molar-refractivity contribution is 0.631. The minimum Gasteiger partial charge on any atom is -0.355 e. The third-order valence-electron chi connectivity index (χ3n) is 4.34. The van der Waals surface area contributed by atoms with Gasteiger partial charge in [0.25, 0.3) is 0 Å². The van der Waals surface area contributed by atoms with Crippen molar-refractivity contribution in [2.75, 3.05) is 6.54 Å². The number of aliphatic imine (C=N–C) groups is 1. The van der Waals surface area contributed by atoms with Gasteiger partial charge in [0.1, 0.15) is 12.2 Å². The monoisotopic (exact) mass is 510 g/mol. The van der Waals surface area contributed by atoms with Crippen molar-refractivity contribution in [3.05, 3.63) is 69.9 Å². The SMILES string of the molecule is CCc1nncn1CCNC(=NCc1ccccc1C)NCc1cccs1.I. The lowest BCUT2D eigenvalue weighted by Crippen LogP contribution is -2.38. The number of guanidine groups is 1. The first-order valence-corrected chi connectivity index (χ1v) is 10.1. The van der Waals surface area contributed by atoms with E-state index in [9.17, 15) is 0 Å². The van der Waals surface area contributed by atoms with Crippen molar-refractivity contribution in [3.8, 4) is 0 Å². The zero-order valence-electron chi connectivity index (χ0n) is 16.3. The van der Waals surface area contributed by atoms with E-state index in [1.807, 2.05) is 0 Å². The van der Waals surface area contributed by atoms with Crippen LogP contribution in [0.5, 0.6) is 0 Å². The Morgan fingerprint density at radius 1 is 1.18 bits per heavy atom. The van der Waals surface area contributed by atoms with E-state index in [2.05, 4.69) is 81.0 Å². The summed E-state index contributed by atoms with van der Waals surface area (Å²) in [5, 5.41) is 17.1. The molecule has 28 heavy (non-hydrogen) atoms. The lowest BCUT2D eigenvalue weighted by atomic mass is 10.1. The summed E-state index contributed by atoms with van der Waals surface area (Å²) in [6.45, 7) is 7.19. The van der Waals surface area contributed by atoms with Gasteiger partial charge in [-0.2, -0.15) is 0 Å². The molecule has 0 fully saturated rings. The Labute approximate surface area is 187 Å². The number of thiophene rings is 1. The zero-order valence-corrected chi connectivity index (χ0v) is 19.4. The summed E-state index contributed by atoms with van der Waals surface area (Å²) in [4.78, 5) is 6.06. The molecule has 0 unspecified atom stereocenters. The van der Waals surface area contributed by atoms with Gasteiger partial charge in [-0.25, -0.2) is 4.99 Å². The van der Waals surface area contributed by atoms with Crippen LogP contribution in [0.3, 0.4) is 0 Å². The molecule has 3 rings (SSSR count). The van der Waals surface area contributed by atoms with Crippen LogP contribution in [0.15, 0.2) is 53.1 Å². The van der Waals surface area contributed by atoms with E-state index >= 15 is 0 Å². The first-order chi connectivity index (χ1) is 13.3. The van der Waals surface area contributed by atoms with Gasteiger partial charge < -0.3 is 15.2 Å². The third kappa shape index (κ3) is 6.59. The highest BCUT2D eigenvalue weighted by Crippen LogP contribution is 2.09. The first-order valence-electron chi connectivity index (χ1n) is 9.22. The Kier molecular flexibility index (Phi) is 9.42. The van der Waals surface area contributed by atoms with Crippen LogP contribution in [0.4, 0.5) is 0 Å². The number of hydrogen-bond acceptors (Lipinski definition) is 4. The number of aryl methyl sites for hydroxylation is 2. The molecular weight excluding hydrogens is 483 g/mol. The number of nitrogens with one attached hydrogen (secondary N) is 2. The van der Waals surface area contributed by atoms with E-state index in [4.69, 9.17) is 4.99 Å². The summed E-state index contributed by atoms with van der Waals surface area (Å²) < 4.78 is 2.07. The summed E-state index contributed by atoms with van der Waals surface area (Å²) in [6, 6.07) is 12.6. The van der Waals surface area contributed by atoms with Crippen molar-refractivity contribution in [1.29, 1.82) is 0 Å². The van der Waals surface area contributed by atoms with E-state index in [1.54, 1.807) is 17.7 Å². The quantitative estimate of drug-likeness (QED) is 0.275. The second-order valence-electron chi connectivity index (χ2n) is 6.25. The lowest BCUT2D eigenvalue weighted by Gasteiger charge is -2.13. The molecule has 2 heterocycles. The summed E-state index contributed by atoms with van der Waals surface area (Å²) in [7, 11) is 0. The highest BCUT2D eigenvalue weighted by Gasteiger charge is 2.04. The Bertz CT molecular complexity index is 859. The van der Waals surface area contributed by atoms with Crippen molar-refractivity contribution >= 4 is 41.3 Å². The smallest absolute Gasteiger partial charge is 0.191 e. The average Bonchev–Trinajstić information content (AvgIpc) is 3.36. The molecule has 0 spiro atoms. The second kappa shape index (κ2) is 11.8. The molecule has 0 aliphatic rings. The molecule has 0 saturated carbocycles.